The molecule has 0 aromatic heterocycles. The maximum atomic E-state index is 13.2. The first-order valence-corrected chi connectivity index (χ1v) is 6.56. The maximum Gasteiger partial charge on any atom is 0.145 e. The van der Waals surface area contributed by atoms with Gasteiger partial charge in [0.25, 0.3) is 0 Å². The van der Waals surface area contributed by atoms with E-state index in [1.54, 1.807) is 6.07 Å². The van der Waals surface area contributed by atoms with E-state index in [1.165, 1.54) is 18.6 Å². The number of hydrogen-bond acceptors (Lipinski definition) is 3. The van der Waals surface area contributed by atoms with Gasteiger partial charge in [-0.25, -0.2) is 4.39 Å². The second-order valence-corrected chi connectivity index (χ2v) is 4.82. The van der Waals surface area contributed by atoms with Gasteiger partial charge in [-0.2, -0.15) is 0 Å². The van der Waals surface area contributed by atoms with Crippen LogP contribution in [0.2, 0.25) is 0 Å². The topological polar surface area (TPSA) is 24.5 Å². The Morgan fingerprint density at radius 3 is 3.06 bits per heavy atom. The summed E-state index contributed by atoms with van der Waals surface area (Å²) in [5.41, 5.74) is 0.888. The fourth-order valence-corrected chi connectivity index (χ4v) is 2.39. The van der Waals surface area contributed by atoms with Gasteiger partial charge in [0.05, 0.1) is 12.3 Å². The fourth-order valence-electron chi connectivity index (χ4n) is 2.39. The summed E-state index contributed by atoms with van der Waals surface area (Å²) in [7, 11) is 2.13. The van der Waals surface area contributed by atoms with Crippen molar-refractivity contribution in [3.05, 3.63) is 24.0 Å². The minimum absolute atomic E-state index is 0.259. The lowest BCUT2D eigenvalue weighted by Gasteiger charge is -2.31. The van der Waals surface area contributed by atoms with Gasteiger partial charge in [0.15, 0.2) is 0 Å². The largest absolute Gasteiger partial charge is 0.492 e. The molecule has 100 valence electrons. The van der Waals surface area contributed by atoms with Crippen molar-refractivity contribution in [1.29, 1.82) is 0 Å². The standard InChI is InChI=1S/C14H21FN2O/c1-3-18-14-9-11(15)6-7-13(14)16-12-5-4-8-17(2)10-12/h6-7,9,12,16H,3-5,8,10H2,1-2H3. The molecular formula is C14H21FN2O. The lowest BCUT2D eigenvalue weighted by atomic mass is 10.1. The molecule has 1 atom stereocenters. The smallest absolute Gasteiger partial charge is 0.145 e. The van der Waals surface area contributed by atoms with Crippen LogP contribution in [0.3, 0.4) is 0 Å². The SMILES string of the molecule is CCOc1cc(F)ccc1NC1CCCN(C)C1. The van der Waals surface area contributed by atoms with Crippen LogP contribution in [0.15, 0.2) is 18.2 Å². The predicted molar refractivity (Wildman–Crippen MR) is 71.7 cm³/mol. The number of anilines is 1. The summed E-state index contributed by atoms with van der Waals surface area (Å²) in [6, 6.07) is 5.08. The molecule has 0 aliphatic carbocycles. The fraction of sp³-hybridized carbons (Fsp3) is 0.571. The van der Waals surface area contributed by atoms with Crippen LogP contribution in [0.1, 0.15) is 19.8 Å². The van der Waals surface area contributed by atoms with E-state index in [1.807, 2.05) is 6.92 Å². The molecule has 0 saturated carbocycles. The van der Waals surface area contributed by atoms with Gasteiger partial charge in [0.2, 0.25) is 0 Å². The summed E-state index contributed by atoms with van der Waals surface area (Å²) in [5, 5.41) is 3.46. The Hall–Kier alpha value is -1.29. The van der Waals surface area contributed by atoms with Gasteiger partial charge in [0.1, 0.15) is 11.6 Å². The average Bonchev–Trinajstić information content (AvgIpc) is 2.33. The Balaban J connectivity index is 2.07. The summed E-state index contributed by atoms with van der Waals surface area (Å²) >= 11 is 0. The Labute approximate surface area is 108 Å². The molecule has 1 aliphatic heterocycles. The molecule has 3 nitrogen and oxygen atoms in total. The van der Waals surface area contributed by atoms with Gasteiger partial charge in [0, 0.05) is 18.7 Å². The highest BCUT2D eigenvalue weighted by Gasteiger charge is 2.18. The Kier molecular flexibility index (Phi) is 4.42. The highest BCUT2D eigenvalue weighted by atomic mass is 19.1. The first-order valence-electron chi connectivity index (χ1n) is 6.56. The number of piperidine rings is 1. The van der Waals surface area contributed by atoms with E-state index >= 15 is 0 Å². The zero-order chi connectivity index (χ0) is 13.0. The van der Waals surface area contributed by atoms with E-state index in [9.17, 15) is 4.39 Å². The number of likely N-dealkylation sites (tertiary alicyclic amines) is 1. The third-order valence-corrected chi connectivity index (χ3v) is 3.23. The van der Waals surface area contributed by atoms with Gasteiger partial charge in [-0.1, -0.05) is 0 Å². The van der Waals surface area contributed by atoms with Crippen molar-refractivity contribution in [3.8, 4) is 5.75 Å². The van der Waals surface area contributed by atoms with Gasteiger partial charge < -0.3 is 15.0 Å². The first kappa shape index (κ1) is 13.1. The predicted octanol–water partition coefficient (Wildman–Crippen LogP) is 2.73. The van der Waals surface area contributed by atoms with E-state index in [2.05, 4.69) is 17.3 Å². The van der Waals surface area contributed by atoms with Crippen molar-refractivity contribution in [1.82, 2.24) is 4.90 Å². The second-order valence-electron chi connectivity index (χ2n) is 4.82. The van der Waals surface area contributed by atoms with Gasteiger partial charge in [-0.05, 0) is 45.5 Å². The van der Waals surface area contributed by atoms with Crippen molar-refractivity contribution >= 4 is 5.69 Å². The number of ether oxygens (including phenoxy) is 1. The van der Waals surface area contributed by atoms with Crippen molar-refractivity contribution in [2.45, 2.75) is 25.8 Å². The molecule has 1 fully saturated rings. The van der Waals surface area contributed by atoms with E-state index in [4.69, 9.17) is 4.74 Å². The molecule has 0 amide bonds. The van der Waals surface area contributed by atoms with Gasteiger partial charge in [-0.15, -0.1) is 0 Å². The van der Waals surface area contributed by atoms with Crippen molar-refractivity contribution < 1.29 is 9.13 Å². The minimum Gasteiger partial charge on any atom is -0.492 e. The van der Waals surface area contributed by atoms with Crippen LogP contribution in [0, 0.1) is 5.82 Å². The molecular weight excluding hydrogens is 231 g/mol. The van der Waals surface area contributed by atoms with Gasteiger partial charge in [-0.3, -0.25) is 0 Å². The van der Waals surface area contributed by atoms with Crippen LogP contribution in [-0.2, 0) is 0 Å². The minimum atomic E-state index is -0.259. The molecule has 1 unspecified atom stereocenters. The third kappa shape index (κ3) is 3.35. The summed E-state index contributed by atoms with van der Waals surface area (Å²) in [5.74, 6) is 0.343. The molecule has 18 heavy (non-hydrogen) atoms. The first-order chi connectivity index (χ1) is 8.69. The number of likely N-dealkylation sites (N-methyl/N-ethyl adjacent to an activating group) is 1. The average molecular weight is 252 g/mol. The van der Waals surface area contributed by atoms with E-state index in [-0.39, 0.29) is 5.82 Å². The van der Waals surface area contributed by atoms with Crippen molar-refractivity contribution in [2.75, 3.05) is 32.1 Å². The molecule has 1 N–H and O–H groups in total. The molecule has 1 heterocycles. The quantitative estimate of drug-likeness (QED) is 0.891. The molecule has 1 aromatic carbocycles. The molecule has 1 aromatic rings. The van der Waals surface area contributed by atoms with Crippen LogP contribution >= 0.6 is 0 Å². The van der Waals surface area contributed by atoms with Crippen LogP contribution in [0.5, 0.6) is 5.75 Å². The monoisotopic (exact) mass is 252 g/mol. The van der Waals surface area contributed by atoms with Crippen LogP contribution in [0.4, 0.5) is 10.1 Å². The summed E-state index contributed by atoms with van der Waals surface area (Å²) in [6.07, 6.45) is 2.34. The second kappa shape index (κ2) is 6.05. The number of benzene rings is 1. The summed E-state index contributed by atoms with van der Waals surface area (Å²) < 4.78 is 18.7. The molecule has 0 bridgehead atoms. The molecule has 1 aliphatic rings. The number of nitrogens with zero attached hydrogens (tertiary/aromatic N) is 1. The lowest BCUT2D eigenvalue weighted by molar-refractivity contribution is 0.260. The number of rotatable bonds is 4. The maximum absolute atomic E-state index is 13.2. The summed E-state index contributed by atoms with van der Waals surface area (Å²) in [6.45, 7) is 4.62. The van der Waals surface area contributed by atoms with Gasteiger partial charge >= 0.3 is 0 Å². The van der Waals surface area contributed by atoms with E-state index < -0.39 is 0 Å². The summed E-state index contributed by atoms with van der Waals surface area (Å²) in [4.78, 5) is 2.31. The zero-order valence-corrected chi connectivity index (χ0v) is 11.1. The van der Waals surface area contributed by atoms with E-state index in [0.717, 1.165) is 25.2 Å². The highest BCUT2D eigenvalue weighted by Crippen LogP contribution is 2.27. The molecule has 1 saturated heterocycles. The molecule has 2 rings (SSSR count). The van der Waals surface area contributed by atoms with Crippen molar-refractivity contribution in [3.63, 3.8) is 0 Å². The van der Waals surface area contributed by atoms with Crippen LogP contribution in [0.25, 0.3) is 0 Å². The molecule has 4 heteroatoms. The number of halogens is 1. The normalized spacial score (nSPS) is 20.7. The number of hydrogen-bond donors (Lipinski definition) is 1. The van der Waals surface area contributed by atoms with Crippen LogP contribution in [-0.4, -0.2) is 37.7 Å². The number of nitrogens with one attached hydrogen (secondary N) is 1. The third-order valence-electron chi connectivity index (χ3n) is 3.23. The molecule has 0 radical (unpaired) electrons. The van der Waals surface area contributed by atoms with E-state index in [0.29, 0.717) is 18.4 Å². The molecule has 0 spiro atoms. The Morgan fingerprint density at radius 1 is 1.50 bits per heavy atom. The zero-order valence-electron chi connectivity index (χ0n) is 11.1. The highest BCUT2D eigenvalue weighted by molar-refractivity contribution is 5.57. The Bertz CT molecular complexity index is 397. The van der Waals surface area contributed by atoms with Crippen molar-refractivity contribution in [2.24, 2.45) is 0 Å². The van der Waals surface area contributed by atoms with Crippen LogP contribution < -0.4 is 10.1 Å². The lowest BCUT2D eigenvalue weighted by Crippen LogP contribution is -2.39. The Morgan fingerprint density at radius 2 is 2.33 bits per heavy atom.